The van der Waals surface area contributed by atoms with E-state index in [4.69, 9.17) is 33.2 Å². The van der Waals surface area contributed by atoms with E-state index in [9.17, 15) is 4.79 Å². The number of aromatic nitrogens is 2. The highest BCUT2D eigenvalue weighted by molar-refractivity contribution is 6.42. The third-order valence-corrected chi connectivity index (χ3v) is 8.81. The van der Waals surface area contributed by atoms with Gasteiger partial charge in [-0.25, -0.2) is 9.97 Å². The zero-order valence-electron chi connectivity index (χ0n) is 16.6. The molecule has 0 radical (unpaired) electrons. The summed E-state index contributed by atoms with van der Waals surface area (Å²) in [6.07, 6.45) is 5.17. The van der Waals surface area contributed by atoms with Crippen molar-refractivity contribution in [1.82, 2.24) is 14.9 Å². The maximum atomic E-state index is 14.0. The monoisotopic (exact) mass is 417 g/mol. The zero-order chi connectivity index (χ0) is 19.9. The van der Waals surface area contributed by atoms with Gasteiger partial charge in [0.2, 0.25) is 5.91 Å². The molecule has 28 heavy (non-hydrogen) atoms. The fourth-order valence-corrected chi connectivity index (χ4v) is 6.25. The van der Waals surface area contributed by atoms with Crippen molar-refractivity contribution in [2.45, 2.75) is 63.7 Å². The number of benzene rings is 1. The lowest BCUT2D eigenvalue weighted by Crippen LogP contribution is -2.53. The summed E-state index contributed by atoms with van der Waals surface area (Å²) in [7, 11) is 0. The van der Waals surface area contributed by atoms with E-state index in [2.05, 4.69) is 25.7 Å². The van der Waals surface area contributed by atoms with Crippen molar-refractivity contribution in [3.8, 4) is 0 Å². The van der Waals surface area contributed by atoms with Gasteiger partial charge in [-0.05, 0) is 49.7 Å². The van der Waals surface area contributed by atoms with Crippen molar-refractivity contribution in [3.63, 3.8) is 0 Å². The molecule has 148 valence electrons. The quantitative estimate of drug-likeness (QED) is 0.633. The van der Waals surface area contributed by atoms with Crippen LogP contribution in [0.5, 0.6) is 0 Å². The summed E-state index contributed by atoms with van der Waals surface area (Å²) >= 11 is 12.5. The van der Waals surface area contributed by atoms with E-state index in [0.29, 0.717) is 15.6 Å². The number of piperidine rings is 1. The average molecular weight is 418 g/mol. The molecule has 2 atom stereocenters. The minimum atomic E-state index is -0.609. The Kier molecular flexibility index (Phi) is 3.87. The second-order valence-electron chi connectivity index (χ2n) is 9.39. The molecule has 1 saturated carbocycles. The third-order valence-electron chi connectivity index (χ3n) is 8.09. The van der Waals surface area contributed by atoms with Crippen LogP contribution in [0.3, 0.4) is 0 Å². The minimum Gasteiger partial charge on any atom is -0.342 e. The number of amides is 1. The number of carbonyl (C=O) groups is 1. The molecule has 2 bridgehead atoms. The van der Waals surface area contributed by atoms with Gasteiger partial charge in [-0.2, -0.15) is 0 Å². The highest BCUT2D eigenvalue weighted by Crippen LogP contribution is 2.70. The van der Waals surface area contributed by atoms with Crippen LogP contribution < -0.4 is 0 Å². The normalized spacial score (nSPS) is 30.7. The van der Waals surface area contributed by atoms with Gasteiger partial charge in [0, 0.05) is 18.5 Å². The van der Waals surface area contributed by atoms with Crippen LogP contribution in [-0.2, 0) is 15.6 Å². The number of halogens is 2. The Morgan fingerprint density at radius 2 is 1.50 bits per heavy atom. The number of rotatable bonds is 1. The fourth-order valence-electron chi connectivity index (χ4n) is 5.94. The summed E-state index contributed by atoms with van der Waals surface area (Å²) in [6.45, 7) is 8.42. The number of hydrogen-bond acceptors (Lipinski definition) is 3. The molecule has 6 heteroatoms. The molecule has 0 spiro atoms. The largest absolute Gasteiger partial charge is 0.342 e. The lowest BCUT2D eigenvalue weighted by molar-refractivity contribution is -0.142. The van der Waals surface area contributed by atoms with E-state index in [1.807, 2.05) is 0 Å². The summed E-state index contributed by atoms with van der Waals surface area (Å²) in [5, 5.41) is 0.948. The van der Waals surface area contributed by atoms with Crippen molar-refractivity contribution in [1.29, 1.82) is 0 Å². The van der Waals surface area contributed by atoms with Crippen LogP contribution in [0.2, 0.25) is 10.0 Å². The summed E-state index contributed by atoms with van der Waals surface area (Å²) in [4.78, 5) is 26.1. The summed E-state index contributed by atoms with van der Waals surface area (Å²) in [6, 6.07) is 3.56. The van der Waals surface area contributed by atoms with Crippen LogP contribution in [0, 0.1) is 5.41 Å². The predicted octanol–water partition coefficient (Wildman–Crippen LogP) is 5.28. The molecule has 0 N–H and O–H groups in total. The van der Waals surface area contributed by atoms with E-state index < -0.39 is 5.41 Å². The van der Waals surface area contributed by atoms with E-state index in [-0.39, 0.29) is 16.7 Å². The Morgan fingerprint density at radius 3 is 2.11 bits per heavy atom. The molecule has 2 heterocycles. The summed E-state index contributed by atoms with van der Waals surface area (Å²) < 4.78 is 0. The molecular formula is C22H25Cl2N3O. The molecule has 4 nitrogen and oxygen atoms in total. The maximum Gasteiger partial charge on any atom is 0.235 e. The molecule has 1 aromatic carbocycles. The van der Waals surface area contributed by atoms with Gasteiger partial charge in [-0.1, -0.05) is 44.0 Å². The van der Waals surface area contributed by atoms with E-state index in [0.717, 1.165) is 55.7 Å². The van der Waals surface area contributed by atoms with E-state index in [1.165, 1.54) is 6.42 Å². The van der Waals surface area contributed by atoms with Crippen molar-refractivity contribution >= 4 is 40.1 Å². The van der Waals surface area contributed by atoms with Gasteiger partial charge in [-0.3, -0.25) is 4.79 Å². The third kappa shape index (κ3) is 2.06. The van der Waals surface area contributed by atoms with Crippen LogP contribution in [0.1, 0.15) is 64.3 Å². The number of likely N-dealkylation sites (tertiary alicyclic amines) is 1. The zero-order valence-corrected chi connectivity index (χ0v) is 18.1. The molecule has 3 aliphatic rings. The standard InChI is InChI=1S/C22H25Cl2N3O/c1-20(2)21(3)7-8-22(20,19(28)27-9-5-4-6-10-27)18-17(21)25-15-11-13(23)14(24)12-16(15)26-18/h11-12H,4-10H2,1-3H3. The second kappa shape index (κ2) is 5.82. The first-order valence-corrected chi connectivity index (χ1v) is 11.0. The Morgan fingerprint density at radius 1 is 0.929 bits per heavy atom. The highest BCUT2D eigenvalue weighted by Gasteiger charge is 2.73. The summed E-state index contributed by atoms with van der Waals surface area (Å²) in [5.41, 5.74) is 2.27. The number of hydrogen-bond donors (Lipinski definition) is 0. The van der Waals surface area contributed by atoms with Crippen LogP contribution in [0.4, 0.5) is 0 Å². The smallest absolute Gasteiger partial charge is 0.235 e. The number of fused-ring (bicyclic) bond motifs is 6. The lowest BCUT2D eigenvalue weighted by Gasteiger charge is -2.43. The molecule has 2 unspecified atom stereocenters. The molecule has 2 aromatic rings. The van der Waals surface area contributed by atoms with E-state index >= 15 is 0 Å². The first-order valence-electron chi connectivity index (χ1n) is 10.2. The number of nitrogens with zero attached hydrogens (tertiary/aromatic N) is 3. The van der Waals surface area contributed by atoms with Gasteiger partial charge in [0.25, 0.3) is 0 Å². The van der Waals surface area contributed by atoms with Crippen molar-refractivity contribution in [2.75, 3.05) is 13.1 Å². The Hall–Kier alpha value is -1.39. The fraction of sp³-hybridized carbons (Fsp3) is 0.591. The van der Waals surface area contributed by atoms with Gasteiger partial charge < -0.3 is 4.90 Å². The molecule has 1 aliphatic heterocycles. The lowest BCUT2D eigenvalue weighted by atomic mass is 9.63. The SMILES string of the molecule is CC12CCC(C(=O)N3CCCCC3)(c3nc4cc(Cl)c(Cl)cc4nc31)C2(C)C. The maximum absolute atomic E-state index is 14.0. The Labute approximate surface area is 175 Å². The van der Waals surface area contributed by atoms with Gasteiger partial charge in [0.15, 0.2) is 0 Å². The molecule has 5 rings (SSSR count). The molecular weight excluding hydrogens is 393 g/mol. The summed E-state index contributed by atoms with van der Waals surface area (Å²) in [5.74, 6) is 0.244. The highest BCUT2D eigenvalue weighted by atomic mass is 35.5. The first-order chi connectivity index (χ1) is 13.2. The number of carbonyl (C=O) groups excluding carboxylic acids is 1. The Bertz CT molecular complexity index is 1010. The molecule has 1 amide bonds. The topological polar surface area (TPSA) is 46.1 Å². The predicted molar refractivity (Wildman–Crippen MR) is 112 cm³/mol. The molecule has 2 fully saturated rings. The second-order valence-corrected chi connectivity index (χ2v) is 10.2. The molecule has 1 saturated heterocycles. The van der Waals surface area contributed by atoms with Gasteiger partial charge in [0.1, 0.15) is 0 Å². The van der Waals surface area contributed by atoms with Crippen molar-refractivity contribution in [3.05, 3.63) is 33.6 Å². The molecule has 1 aromatic heterocycles. The van der Waals surface area contributed by atoms with Gasteiger partial charge in [0.05, 0.1) is 37.9 Å². The molecule has 2 aliphatic carbocycles. The van der Waals surface area contributed by atoms with Crippen molar-refractivity contribution < 1.29 is 4.79 Å². The van der Waals surface area contributed by atoms with Crippen LogP contribution in [0.25, 0.3) is 11.0 Å². The van der Waals surface area contributed by atoms with Gasteiger partial charge in [-0.15, -0.1) is 0 Å². The minimum absolute atomic E-state index is 0.179. The first kappa shape index (κ1) is 18.6. The van der Waals surface area contributed by atoms with Crippen LogP contribution in [-0.4, -0.2) is 33.9 Å². The average Bonchev–Trinajstić information content (AvgIpc) is 2.97. The van der Waals surface area contributed by atoms with Gasteiger partial charge >= 0.3 is 0 Å². The van der Waals surface area contributed by atoms with Crippen molar-refractivity contribution in [2.24, 2.45) is 5.41 Å². The van der Waals surface area contributed by atoms with Crippen LogP contribution in [0.15, 0.2) is 12.1 Å². The van der Waals surface area contributed by atoms with E-state index in [1.54, 1.807) is 12.1 Å². The van der Waals surface area contributed by atoms with Crippen LogP contribution >= 0.6 is 23.2 Å². The Balaban J connectivity index is 1.76.